The van der Waals surface area contributed by atoms with Crippen LogP contribution in [0, 0.1) is 6.92 Å². The molecule has 4 nitrogen and oxygen atoms in total. The van der Waals surface area contributed by atoms with Gasteiger partial charge in [-0.3, -0.25) is 4.79 Å². The minimum absolute atomic E-state index is 0.0744. The average molecular weight is 257 g/mol. The number of hydrogen-bond acceptors (Lipinski definition) is 3. The fraction of sp³-hybridized carbons (Fsp3) is 0.133. The zero-order chi connectivity index (χ0) is 13.8. The van der Waals surface area contributed by atoms with Crippen molar-refractivity contribution in [3.05, 3.63) is 59.2 Å². The van der Waals surface area contributed by atoms with Crippen LogP contribution in [-0.4, -0.2) is 16.1 Å². The largest absolute Gasteiger partial charge is 0.508 e. The van der Waals surface area contributed by atoms with Crippen LogP contribution in [0.1, 0.15) is 21.5 Å². The third-order valence-electron chi connectivity index (χ3n) is 2.84. The molecule has 2 aromatic rings. The molecule has 0 spiro atoms. The highest BCUT2D eigenvalue weighted by Gasteiger charge is 2.08. The first-order chi connectivity index (χ1) is 9.10. The van der Waals surface area contributed by atoms with Gasteiger partial charge in [-0.2, -0.15) is 0 Å². The van der Waals surface area contributed by atoms with Gasteiger partial charge in [0.15, 0.2) is 0 Å². The predicted molar refractivity (Wildman–Crippen MR) is 73.2 cm³/mol. The van der Waals surface area contributed by atoms with Gasteiger partial charge < -0.3 is 15.5 Å². The van der Waals surface area contributed by atoms with E-state index >= 15 is 0 Å². The highest BCUT2D eigenvalue weighted by atomic mass is 16.3. The number of anilines is 1. The summed E-state index contributed by atoms with van der Waals surface area (Å²) < 4.78 is 0. The Hall–Kier alpha value is -2.33. The Labute approximate surface area is 111 Å². The van der Waals surface area contributed by atoms with Crippen molar-refractivity contribution in [2.45, 2.75) is 13.5 Å². The summed E-state index contributed by atoms with van der Waals surface area (Å²) in [5, 5.41) is 21.3. The van der Waals surface area contributed by atoms with Crippen LogP contribution in [0.2, 0.25) is 0 Å². The Morgan fingerprint density at radius 2 is 2.00 bits per heavy atom. The molecule has 0 saturated heterocycles. The average Bonchev–Trinajstić information content (AvgIpc) is 2.42. The number of phenolic OH excluding ortho intramolecular Hbond substituents is 1. The van der Waals surface area contributed by atoms with Crippen LogP contribution in [0.4, 0.5) is 5.69 Å². The SMILES string of the molecule is Cc1ccc(C(=O)Nc2cccc(CO)c2)cc1O. The van der Waals surface area contributed by atoms with Gasteiger partial charge in [-0.1, -0.05) is 18.2 Å². The Bertz CT molecular complexity index is 608. The van der Waals surface area contributed by atoms with Crippen molar-refractivity contribution in [1.29, 1.82) is 0 Å². The number of aliphatic hydroxyl groups is 1. The Kier molecular flexibility index (Phi) is 3.82. The summed E-state index contributed by atoms with van der Waals surface area (Å²) in [6.45, 7) is 1.69. The number of benzene rings is 2. The van der Waals surface area contributed by atoms with Crippen molar-refractivity contribution >= 4 is 11.6 Å². The maximum Gasteiger partial charge on any atom is 0.255 e. The number of carbonyl (C=O) groups excluding carboxylic acids is 1. The molecule has 0 radical (unpaired) electrons. The molecule has 2 rings (SSSR count). The number of phenols is 1. The van der Waals surface area contributed by atoms with Crippen molar-refractivity contribution in [1.82, 2.24) is 0 Å². The summed E-state index contributed by atoms with van der Waals surface area (Å²) in [7, 11) is 0. The molecule has 0 saturated carbocycles. The number of rotatable bonds is 3. The van der Waals surface area contributed by atoms with Gasteiger partial charge in [0, 0.05) is 11.3 Å². The fourth-order valence-electron chi connectivity index (χ4n) is 1.70. The van der Waals surface area contributed by atoms with Gasteiger partial charge in [0.2, 0.25) is 0 Å². The number of aromatic hydroxyl groups is 1. The lowest BCUT2D eigenvalue weighted by atomic mass is 10.1. The van der Waals surface area contributed by atoms with Gasteiger partial charge in [-0.15, -0.1) is 0 Å². The highest BCUT2D eigenvalue weighted by Crippen LogP contribution is 2.19. The minimum Gasteiger partial charge on any atom is -0.508 e. The first-order valence-corrected chi connectivity index (χ1v) is 5.91. The second kappa shape index (κ2) is 5.54. The third kappa shape index (κ3) is 3.11. The van der Waals surface area contributed by atoms with Crippen molar-refractivity contribution < 1.29 is 15.0 Å². The number of nitrogens with one attached hydrogen (secondary N) is 1. The van der Waals surface area contributed by atoms with E-state index in [9.17, 15) is 9.90 Å². The van der Waals surface area contributed by atoms with Gasteiger partial charge in [-0.05, 0) is 42.3 Å². The molecule has 0 unspecified atom stereocenters. The van der Waals surface area contributed by atoms with Crippen molar-refractivity contribution in [2.24, 2.45) is 0 Å². The molecule has 0 heterocycles. The Balaban J connectivity index is 2.18. The van der Waals surface area contributed by atoms with Crippen LogP contribution in [0.3, 0.4) is 0 Å². The molecule has 98 valence electrons. The molecule has 3 N–H and O–H groups in total. The quantitative estimate of drug-likeness (QED) is 0.791. The van der Waals surface area contributed by atoms with Crippen LogP contribution < -0.4 is 5.32 Å². The zero-order valence-corrected chi connectivity index (χ0v) is 10.6. The van der Waals surface area contributed by atoms with Gasteiger partial charge in [-0.25, -0.2) is 0 Å². The molecule has 0 bridgehead atoms. The third-order valence-corrected chi connectivity index (χ3v) is 2.84. The van der Waals surface area contributed by atoms with Gasteiger partial charge >= 0.3 is 0 Å². The van der Waals surface area contributed by atoms with Gasteiger partial charge in [0.05, 0.1) is 6.61 Å². The van der Waals surface area contributed by atoms with E-state index in [1.165, 1.54) is 6.07 Å². The minimum atomic E-state index is -0.301. The molecular formula is C15H15NO3. The molecule has 19 heavy (non-hydrogen) atoms. The second-order valence-corrected chi connectivity index (χ2v) is 4.31. The van der Waals surface area contributed by atoms with Crippen LogP contribution >= 0.6 is 0 Å². The first-order valence-electron chi connectivity index (χ1n) is 5.91. The normalized spacial score (nSPS) is 10.2. The van der Waals surface area contributed by atoms with Crippen molar-refractivity contribution in [2.75, 3.05) is 5.32 Å². The molecule has 0 aliphatic heterocycles. The summed E-state index contributed by atoms with van der Waals surface area (Å²) in [6.07, 6.45) is 0. The van der Waals surface area contributed by atoms with E-state index in [-0.39, 0.29) is 18.3 Å². The van der Waals surface area contributed by atoms with E-state index in [0.717, 1.165) is 11.1 Å². The summed E-state index contributed by atoms with van der Waals surface area (Å²) in [6, 6.07) is 11.7. The van der Waals surface area contributed by atoms with Crippen LogP contribution in [-0.2, 0) is 6.61 Å². The standard InChI is InChI=1S/C15H15NO3/c1-10-5-6-12(8-14(10)18)15(19)16-13-4-2-3-11(7-13)9-17/h2-8,17-18H,9H2,1H3,(H,16,19). The van der Waals surface area contributed by atoms with E-state index in [1.807, 2.05) is 0 Å². The lowest BCUT2D eigenvalue weighted by Gasteiger charge is -2.07. The fourth-order valence-corrected chi connectivity index (χ4v) is 1.70. The lowest BCUT2D eigenvalue weighted by Crippen LogP contribution is -2.12. The van der Waals surface area contributed by atoms with E-state index in [2.05, 4.69) is 5.32 Å². The molecular weight excluding hydrogens is 242 g/mol. The van der Waals surface area contributed by atoms with E-state index in [0.29, 0.717) is 11.3 Å². The van der Waals surface area contributed by atoms with Gasteiger partial charge in [0.1, 0.15) is 5.75 Å². The Morgan fingerprint density at radius 3 is 2.68 bits per heavy atom. The molecule has 2 aromatic carbocycles. The number of hydrogen-bond donors (Lipinski definition) is 3. The molecule has 4 heteroatoms. The number of amides is 1. The summed E-state index contributed by atoms with van der Waals surface area (Å²) >= 11 is 0. The molecule has 0 aromatic heterocycles. The van der Waals surface area contributed by atoms with Crippen molar-refractivity contribution in [3.8, 4) is 5.75 Å². The molecule has 0 aliphatic rings. The molecule has 0 fully saturated rings. The number of carbonyl (C=O) groups is 1. The van der Waals surface area contributed by atoms with Crippen molar-refractivity contribution in [3.63, 3.8) is 0 Å². The highest BCUT2D eigenvalue weighted by molar-refractivity contribution is 6.04. The molecule has 0 atom stereocenters. The van der Waals surface area contributed by atoms with E-state index in [1.54, 1.807) is 43.3 Å². The number of aryl methyl sites for hydroxylation is 1. The van der Waals surface area contributed by atoms with Gasteiger partial charge in [0.25, 0.3) is 5.91 Å². The van der Waals surface area contributed by atoms with Crippen LogP contribution in [0.15, 0.2) is 42.5 Å². The lowest BCUT2D eigenvalue weighted by molar-refractivity contribution is 0.102. The summed E-state index contributed by atoms with van der Waals surface area (Å²) in [5.41, 5.74) is 2.44. The second-order valence-electron chi connectivity index (χ2n) is 4.31. The van der Waals surface area contributed by atoms with E-state index < -0.39 is 0 Å². The molecule has 0 aliphatic carbocycles. The summed E-state index contributed by atoms with van der Waals surface area (Å²) in [5.74, 6) is -0.206. The first kappa shape index (κ1) is 13.1. The van der Waals surface area contributed by atoms with Crippen LogP contribution in [0.25, 0.3) is 0 Å². The Morgan fingerprint density at radius 1 is 1.21 bits per heavy atom. The smallest absolute Gasteiger partial charge is 0.255 e. The maximum atomic E-state index is 12.0. The summed E-state index contributed by atoms with van der Waals surface area (Å²) in [4.78, 5) is 12.0. The zero-order valence-electron chi connectivity index (χ0n) is 10.6. The molecule has 1 amide bonds. The maximum absolute atomic E-state index is 12.0. The monoisotopic (exact) mass is 257 g/mol. The predicted octanol–water partition coefficient (Wildman–Crippen LogP) is 2.45. The topological polar surface area (TPSA) is 69.6 Å². The number of aliphatic hydroxyl groups excluding tert-OH is 1. The van der Waals surface area contributed by atoms with Crippen LogP contribution in [0.5, 0.6) is 5.75 Å². The van der Waals surface area contributed by atoms with E-state index in [4.69, 9.17) is 5.11 Å².